The fraction of sp³-hybridized carbons (Fsp3) is 0.600. The maximum atomic E-state index is 11.4. The van der Waals surface area contributed by atoms with Crippen LogP contribution in [0.15, 0.2) is 18.2 Å². The van der Waals surface area contributed by atoms with Crippen LogP contribution in [0.5, 0.6) is 5.75 Å². The molecule has 2 N–H and O–H groups in total. The topological polar surface area (TPSA) is 81.6 Å². The van der Waals surface area contributed by atoms with Crippen LogP contribution in [0, 0.1) is 16.0 Å². The number of piperidine rings is 1. The summed E-state index contributed by atoms with van der Waals surface area (Å²) >= 11 is 0. The highest BCUT2D eigenvalue weighted by molar-refractivity contribution is 5.70. The van der Waals surface area contributed by atoms with Crippen LogP contribution in [-0.2, 0) is 0 Å². The van der Waals surface area contributed by atoms with Crippen molar-refractivity contribution >= 4 is 11.4 Å². The minimum absolute atomic E-state index is 0.0681. The summed E-state index contributed by atoms with van der Waals surface area (Å²) in [5.41, 5.74) is 6.66. The molecule has 1 aliphatic rings. The molecule has 0 radical (unpaired) electrons. The number of hydrogen-bond donors (Lipinski definition) is 1. The first-order valence-electron chi connectivity index (χ1n) is 7.45. The van der Waals surface area contributed by atoms with E-state index < -0.39 is 0 Å². The average Bonchev–Trinajstić information content (AvgIpc) is 2.47. The molecule has 0 amide bonds. The molecule has 1 heterocycles. The number of para-hydroxylation sites is 1. The molecule has 0 spiro atoms. The number of ether oxygens (including phenoxy) is 1. The molecule has 1 aliphatic heterocycles. The number of benzene rings is 1. The van der Waals surface area contributed by atoms with Gasteiger partial charge in [-0.3, -0.25) is 10.1 Å². The van der Waals surface area contributed by atoms with Gasteiger partial charge in [-0.1, -0.05) is 6.07 Å². The lowest BCUT2D eigenvalue weighted by Gasteiger charge is -2.35. The normalized spacial score (nSPS) is 17.6. The molecule has 2 rings (SSSR count). The lowest BCUT2D eigenvalue weighted by molar-refractivity contribution is -0.385. The van der Waals surface area contributed by atoms with Crippen molar-refractivity contribution in [1.82, 2.24) is 0 Å². The second-order valence-corrected chi connectivity index (χ2v) is 5.50. The number of nitrogens with zero attached hydrogens (tertiary/aromatic N) is 2. The van der Waals surface area contributed by atoms with E-state index in [1.54, 1.807) is 12.1 Å². The van der Waals surface area contributed by atoms with Gasteiger partial charge in [-0.25, -0.2) is 0 Å². The quantitative estimate of drug-likeness (QED) is 0.666. The second kappa shape index (κ2) is 6.76. The molecule has 0 saturated carbocycles. The van der Waals surface area contributed by atoms with Gasteiger partial charge < -0.3 is 15.4 Å². The lowest BCUT2D eigenvalue weighted by atomic mass is 9.90. The van der Waals surface area contributed by atoms with Crippen molar-refractivity contribution < 1.29 is 9.66 Å². The molecule has 116 valence electrons. The van der Waals surface area contributed by atoms with Gasteiger partial charge >= 0.3 is 5.69 Å². The maximum absolute atomic E-state index is 11.4. The van der Waals surface area contributed by atoms with Crippen LogP contribution in [0.2, 0.25) is 0 Å². The van der Waals surface area contributed by atoms with Crippen molar-refractivity contribution in [3.05, 3.63) is 28.3 Å². The van der Waals surface area contributed by atoms with Crippen LogP contribution >= 0.6 is 0 Å². The number of nitro benzene ring substituents is 1. The Kier molecular flexibility index (Phi) is 5.01. The molecule has 0 bridgehead atoms. The van der Waals surface area contributed by atoms with Crippen LogP contribution in [-0.4, -0.2) is 30.7 Å². The predicted octanol–water partition coefficient (Wildman–Crippen LogP) is 2.56. The second-order valence-electron chi connectivity index (χ2n) is 5.50. The first kappa shape index (κ1) is 15.6. The third kappa shape index (κ3) is 3.44. The molecule has 1 fully saturated rings. The number of nitrogens with two attached hydrogens (primary N) is 1. The molecule has 21 heavy (non-hydrogen) atoms. The van der Waals surface area contributed by atoms with Gasteiger partial charge in [0.05, 0.1) is 11.5 Å². The van der Waals surface area contributed by atoms with Gasteiger partial charge in [-0.05, 0) is 44.7 Å². The van der Waals surface area contributed by atoms with E-state index in [0.717, 1.165) is 25.9 Å². The minimum Gasteiger partial charge on any atom is -0.487 e. The Hall–Kier alpha value is -1.82. The Morgan fingerprint density at radius 1 is 1.48 bits per heavy atom. The van der Waals surface area contributed by atoms with Crippen LogP contribution in [0.25, 0.3) is 0 Å². The third-order valence-corrected chi connectivity index (χ3v) is 4.08. The third-order valence-electron chi connectivity index (χ3n) is 4.08. The molecular weight excluding hydrogens is 270 g/mol. The SMILES string of the molecule is CCOc1cccc(N2CCC(C(C)N)CC2)c1[N+](=O)[O-]. The summed E-state index contributed by atoms with van der Waals surface area (Å²) in [7, 11) is 0. The predicted molar refractivity (Wildman–Crippen MR) is 82.9 cm³/mol. The monoisotopic (exact) mass is 293 g/mol. The summed E-state index contributed by atoms with van der Waals surface area (Å²) in [4.78, 5) is 13.1. The first-order valence-corrected chi connectivity index (χ1v) is 7.45. The summed E-state index contributed by atoms with van der Waals surface area (Å²) < 4.78 is 5.40. The van der Waals surface area contributed by atoms with Crippen molar-refractivity contribution in [2.75, 3.05) is 24.6 Å². The van der Waals surface area contributed by atoms with Gasteiger partial charge in [0.1, 0.15) is 5.69 Å². The lowest BCUT2D eigenvalue weighted by Crippen LogP contribution is -2.39. The van der Waals surface area contributed by atoms with E-state index >= 15 is 0 Å². The molecule has 6 heteroatoms. The number of hydrogen-bond acceptors (Lipinski definition) is 5. The van der Waals surface area contributed by atoms with E-state index in [4.69, 9.17) is 10.5 Å². The van der Waals surface area contributed by atoms with Gasteiger partial charge in [0.15, 0.2) is 5.75 Å². The molecular formula is C15H23N3O3. The van der Waals surface area contributed by atoms with E-state index in [-0.39, 0.29) is 16.7 Å². The van der Waals surface area contributed by atoms with Crippen LogP contribution in [0.1, 0.15) is 26.7 Å². The van der Waals surface area contributed by atoms with Crippen LogP contribution in [0.4, 0.5) is 11.4 Å². The standard InChI is InChI=1S/C15H23N3O3/c1-3-21-14-6-4-5-13(15(14)18(19)20)17-9-7-12(8-10-17)11(2)16/h4-6,11-12H,3,7-10,16H2,1-2H3. The van der Waals surface area contributed by atoms with Gasteiger partial charge in [-0.2, -0.15) is 0 Å². The Morgan fingerprint density at radius 3 is 2.67 bits per heavy atom. The summed E-state index contributed by atoms with van der Waals surface area (Å²) in [5, 5.41) is 11.4. The number of nitro groups is 1. The highest BCUT2D eigenvalue weighted by Crippen LogP contribution is 2.38. The summed E-state index contributed by atoms with van der Waals surface area (Å²) in [6, 6.07) is 5.44. The van der Waals surface area contributed by atoms with E-state index in [0.29, 0.717) is 24.0 Å². The zero-order valence-corrected chi connectivity index (χ0v) is 12.6. The summed E-state index contributed by atoms with van der Waals surface area (Å²) in [6.07, 6.45) is 1.93. The van der Waals surface area contributed by atoms with Gasteiger partial charge in [0.2, 0.25) is 0 Å². The molecule has 0 aromatic heterocycles. The van der Waals surface area contributed by atoms with Gasteiger partial charge in [0.25, 0.3) is 0 Å². The van der Waals surface area contributed by atoms with Crippen molar-refractivity contribution in [3.63, 3.8) is 0 Å². The summed E-state index contributed by atoms with van der Waals surface area (Å²) in [6.45, 7) is 5.85. The molecule has 1 aromatic carbocycles. The van der Waals surface area contributed by atoms with Crippen molar-refractivity contribution in [1.29, 1.82) is 0 Å². The van der Waals surface area contributed by atoms with Gasteiger partial charge in [-0.15, -0.1) is 0 Å². The van der Waals surface area contributed by atoms with Crippen LogP contribution in [0.3, 0.4) is 0 Å². The van der Waals surface area contributed by atoms with Crippen LogP contribution < -0.4 is 15.4 Å². The van der Waals surface area contributed by atoms with Crippen molar-refractivity contribution in [2.45, 2.75) is 32.7 Å². The maximum Gasteiger partial charge on any atom is 0.333 e. The molecule has 1 aromatic rings. The average molecular weight is 293 g/mol. The molecule has 1 unspecified atom stereocenters. The Labute approximate surface area is 125 Å². The van der Waals surface area contributed by atoms with E-state index in [1.165, 1.54) is 0 Å². The first-order chi connectivity index (χ1) is 10.0. The number of anilines is 1. The van der Waals surface area contributed by atoms with Crippen molar-refractivity contribution in [3.8, 4) is 5.75 Å². The molecule has 6 nitrogen and oxygen atoms in total. The Balaban J connectivity index is 2.24. The molecule has 1 atom stereocenters. The van der Waals surface area contributed by atoms with E-state index in [1.807, 2.05) is 19.9 Å². The Bertz CT molecular complexity index is 497. The van der Waals surface area contributed by atoms with Crippen molar-refractivity contribution in [2.24, 2.45) is 11.7 Å². The largest absolute Gasteiger partial charge is 0.487 e. The van der Waals surface area contributed by atoms with E-state index in [9.17, 15) is 10.1 Å². The zero-order valence-electron chi connectivity index (χ0n) is 12.6. The smallest absolute Gasteiger partial charge is 0.333 e. The fourth-order valence-corrected chi connectivity index (χ4v) is 2.89. The Morgan fingerprint density at radius 2 is 2.14 bits per heavy atom. The summed E-state index contributed by atoms with van der Waals surface area (Å²) in [5.74, 6) is 0.838. The number of rotatable bonds is 5. The zero-order chi connectivity index (χ0) is 15.4. The molecule has 1 saturated heterocycles. The highest BCUT2D eigenvalue weighted by atomic mass is 16.6. The minimum atomic E-state index is -0.349. The van der Waals surface area contributed by atoms with Gasteiger partial charge in [0, 0.05) is 19.1 Å². The fourth-order valence-electron chi connectivity index (χ4n) is 2.89. The molecule has 0 aliphatic carbocycles. The van der Waals surface area contributed by atoms with E-state index in [2.05, 4.69) is 4.90 Å². The highest BCUT2D eigenvalue weighted by Gasteiger charge is 2.28.